The van der Waals surface area contributed by atoms with Gasteiger partial charge in [-0.15, -0.1) is 0 Å². The zero-order chi connectivity index (χ0) is 13.9. The Balaban J connectivity index is 2.41. The maximum absolute atomic E-state index is 12.5. The van der Waals surface area contributed by atoms with Gasteiger partial charge in [0.05, 0.1) is 19.1 Å². The molecule has 0 aromatic carbocycles. The Hall–Kier alpha value is -0.650. The van der Waals surface area contributed by atoms with Gasteiger partial charge in [0, 0.05) is 32.8 Å². The van der Waals surface area contributed by atoms with Crippen LogP contribution in [0, 0.1) is 5.92 Å². The lowest BCUT2D eigenvalue weighted by Crippen LogP contribution is -2.45. The summed E-state index contributed by atoms with van der Waals surface area (Å²) in [4.78, 5) is 14.4. The highest BCUT2D eigenvalue weighted by molar-refractivity contribution is 5.79. The van der Waals surface area contributed by atoms with Crippen LogP contribution in [0.5, 0.6) is 0 Å². The van der Waals surface area contributed by atoms with Crippen LogP contribution in [0.4, 0.5) is 0 Å². The highest BCUT2D eigenvalue weighted by Gasteiger charge is 2.25. The van der Waals surface area contributed by atoms with E-state index in [1.54, 1.807) is 0 Å². The largest absolute Gasteiger partial charge is 0.380 e. The van der Waals surface area contributed by atoms with Crippen LogP contribution in [-0.4, -0.2) is 63.4 Å². The summed E-state index contributed by atoms with van der Waals surface area (Å²) in [5, 5.41) is 3.30. The van der Waals surface area contributed by atoms with Gasteiger partial charge >= 0.3 is 0 Å². The molecule has 1 atom stereocenters. The minimum Gasteiger partial charge on any atom is -0.380 e. The summed E-state index contributed by atoms with van der Waals surface area (Å²) in [6.07, 6.45) is 2.08. The van der Waals surface area contributed by atoms with Gasteiger partial charge in [-0.25, -0.2) is 0 Å². The second kappa shape index (κ2) is 10.2. The van der Waals surface area contributed by atoms with E-state index in [2.05, 4.69) is 5.32 Å². The third-order valence-corrected chi connectivity index (χ3v) is 3.38. The van der Waals surface area contributed by atoms with Gasteiger partial charge in [-0.05, 0) is 33.2 Å². The van der Waals surface area contributed by atoms with Crippen LogP contribution in [0.1, 0.15) is 26.7 Å². The van der Waals surface area contributed by atoms with Crippen molar-refractivity contribution in [1.82, 2.24) is 10.2 Å². The number of piperidine rings is 1. The number of hydrogen-bond acceptors (Lipinski definition) is 4. The van der Waals surface area contributed by atoms with E-state index >= 15 is 0 Å². The summed E-state index contributed by atoms with van der Waals surface area (Å²) < 4.78 is 10.7. The van der Waals surface area contributed by atoms with Crippen molar-refractivity contribution in [2.24, 2.45) is 5.92 Å². The molecule has 0 bridgehead atoms. The summed E-state index contributed by atoms with van der Waals surface area (Å²) >= 11 is 0. The van der Waals surface area contributed by atoms with Gasteiger partial charge in [0.15, 0.2) is 0 Å². The van der Waals surface area contributed by atoms with Crippen molar-refractivity contribution < 1.29 is 14.3 Å². The zero-order valence-corrected chi connectivity index (χ0v) is 12.3. The van der Waals surface area contributed by atoms with Gasteiger partial charge in [-0.1, -0.05) is 0 Å². The van der Waals surface area contributed by atoms with Crippen molar-refractivity contribution in [2.45, 2.75) is 26.7 Å². The predicted molar refractivity (Wildman–Crippen MR) is 75.2 cm³/mol. The van der Waals surface area contributed by atoms with Gasteiger partial charge in [0.25, 0.3) is 0 Å². The van der Waals surface area contributed by atoms with Crippen LogP contribution in [0.25, 0.3) is 0 Å². The molecule has 0 radical (unpaired) electrons. The molecular weight excluding hydrogens is 244 g/mol. The third-order valence-electron chi connectivity index (χ3n) is 3.38. The smallest absolute Gasteiger partial charge is 0.227 e. The lowest BCUT2D eigenvalue weighted by atomic mass is 9.98. The molecule has 1 aliphatic heterocycles. The molecule has 1 amide bonds. The molecule has 1 aliphatic rings. The number of ether oxygens (including phenoxy) is 2. The van der Waals surface area contributed by atoms with Crippen LogP contribution < -0.4 is 5.32 Å². The summed E-state index contributed by atoms with van der Waals surface area (Å²) in [7, 11) is 0. The van der Waals surface area contributed by atoms with E-state index in [0.717, 1.165) is 25.9 Å². The Kier molecular flexibility index (Phi) is 8.79. The molecule has 0 unspecified atom stereocenters. The van der Waals surface area contributed by atoms with Crippen LogP contribution in [0.3, 0.4) is 0 Å². The molecule has 5 heteroatoms. The molecule has 1 saturated heterocycles. The van der Waals surface area contributed by atoms with Crippen LogP contribution in [0.2, 0.25) is 0 Å². The molecule has 5 nitrogen and oxygen atoms in total. The van der Waals surface area contributed by atoms with E-state index in [1.165, 1.54) is 0 Å². The van der Waals surface area contributed by atoms with E-state index < -0.39 is 0 Å². The lowest BCUT2D eigenvalue weighted by Gasteiger charge is -2.29. The summed E-state index contributed by atoms with van der Waals surface area (Å²) in [6.45, 7) is 9.70. The first-order valence-corrected chi connectivity index (χ1v) is 7.44. The van der Waals surface area contributed by atoms with Crippen LogP contribution in [0.15, 0.2) is 0 Å². The average molecular weight is 272 g/mol. The molecule has 0 aromatic heterocycles. The standard InChI is InChI=1S/C14H28N2O3/c1-3-18-10-8-16(9-11-19-4-2)14(17)13-6-5-7-15-12-13/h13,15H,3-12H2,1-2H3/t13-/m0/s1. The number of nitrogens with zero attached hydrogens (tertiary/aromatic N) is 1. The second-order valence-corrected chi connectivity index (χ2v) is 4.76. The number of amides is 1. The van der Waals surface area contributed by atoms with Crippen molar-refractivity contribution in [3.8, 4) is 0 Å². The van der Waals surface area contributed by atoms with Gasteiger partial charge < -0.3 is 19.7 Å². The maximum Gasteiger partial charge on any atom is 0.227 e. The normalized spacial score (nSPS) is 19.4. The molecule has 19 heavy (non-hydrogen) atoms. The molecule has 1 rings (SSSR count). The number of nitrogens with one attached hydrogen (secondary N) is 1. The SMILES string of the molecule is CCOCCN(CCOCC)C(=O)[C@H]1CCCNC1. The Labute approximate surface area is 116 Å². The number of carbonyl (C=O) groups is 1. The van der Waals surface area contributed by atoms with Gasteiger partial charge in [-0.3, -0.25) is 4.79 Å². The van der Waals surface area contributed by atoms with Gasteiger partial charge in [0.2, 0.25) is 5.91 Å². The average Bonchev–Trinajstić information content (AvgIpc) is 2.46. The van der Waals surface area contributed by atoms with E-state index in [1.807, 2.05) is 18.7 Å². The number of carbonyl (C=O) groups excluding carboxylic acids is 1. The molecular formula is C14H28N2O3. The molecule has 0 saturated carbocycles. The summed E-state index contributed by atoms with van der Waals surface area (Å²) in [5.74, 6) is 0.364. The molecule has 1 heterocycles. The molecule has 112 valence electrons. The molecule has 1 fully saturated rings. The molecule has 1 N–H and O–H groups in total. The highest BCUT2D eigenvalue weighted by Crippen LogP contribution is 2.13. The minimum atomic E-state index is 0.122. The fraction of sp³-hybridized carbons (Fsp3) is 0.929. The van der Waals surface area contributed by atoms with Gasteiger partial charge in [-0.2, -0.15) is 0 Å². The van der Waals surface area contributed by atoms with E-state index in [0.29, 0.717) is 39.5 Å². The lowest BCUT2D eigenvalue weighted by molar-refractivity contribution is -0.137. The first-order chi connectivity index (χ1) is 9.29. The third kappa shape index (κ3) is 6.36. The van der Waals surface area contributed by atoms with Crippen LogP contribution in [-0.2, 0) is 14.3 Å². The zero-order valence-electron chi connectivity index (χ0n) is 12.3. The topological polar surface area (TPSA) is 50.8 Å². The van der Waals surface area contributed by atoms with E-state index in [4.69, 9.17) is 9.47 Å². The Morgan fingerprint density at radius 2 is 1.84 bits per heavy atom. The van der Waals surface area contributed by atoms with E-state index in [-0.39, 0.29) is 11.8 Å². The fourth-order valence-corrected chi connectivity index (χ4v) is 2.29. The van der Waals surface area contributed by atoms with Crippen molar-refractivity contribution in [2.75, 3.05) is 52.6 Å². The Bertz CT molecular complexity index is 233. The quantitative estimate of drug-likeness (QED) is 0.633. The monoisotopic (exact) mass is 272 g/mol. The predicted octanol–water partition coefficient (Wildman–Crippen LogP) is 0.888. The molecule has 0 spiro atoms. The first kappa shape index (κ1) is 16.4. The second-order valence-electron chi connectivity index (χ2n) is 4.76. The number of hydrogen-bond donors (Lipinski definition) is 1. The van der Waals surface area contributed by atoms with Crippen molar-refractivity contribution in [3.05, 3.63) is 0 Å². The van der Waals surface area contributed by atoms with Crippen molar-refractivity contribution >= 4 is 5.91 Å². The summed E-state index contributed by atoms with van der Waals surface area (Å²) in [6, 6.07) is 0. The Morgan fingerprint density at radius 1 is 1.21 bits per heavy atom. The van der Waals surface area contributed by atoms with Crippen molar-refractivity contribution in [1.29, 1.82) is 0 Å². The number of rotatable bonds is 9. The fourth-order valence-electron chi connectivity index (χ4n) is 2.29. The molecule has 0 aliphatic carbocycles. The summed E-state index contributed by atoms with van der Waals surface area (Å²) in [5.41, 5.74) is 0. The van der Waals surface area contributed by atoms with Crippen molar-refractivity contribution in [3.63, 3.8) is 0 Å². The maximum atomic E-state index is 12.5. The molecule has 0 aromatic rings. The minimum absolute atomic E-state index is 0.122. The highest BCUT2D eigenvalue weighted by atomic mass is 16.5. The van der Waals surface area contributed by atoms with Crippen LogP contribution >= 0.6 is 0 Å². The van der Waals surface area contributed by atoms with E-state index in [9.17, 15) is 4.79 Å². The Morgan fingerprint density at radius 3 is 2.32 bits per heavy atom. The first-order valence-electron chi connectivity index (χ1n) is 7.44. The van der Waals surface area contributed by atoms with Gasteiger partial charge in [0.1, 0.15) is 0 Å².